The zero-order chi connectivity index (χ0) is 22.7. The minimum atomic E-state index is 0.0682. The number of fused-ring (bicyclic) bond motifs is 1. The molecule has 1 heterocycles. The fourth-order valence-electron chi connectivity index (χ4n) is 3.40. The van der Waals surface area contributed by atoms with Crippen LogP contribution in [-0.2, 0) is 0 Å². The molecule has 0 fully saturated rings. The van der Waals surface area contributed by atoms with Gasteiger partial charge >= 0.3 is 0 Å². The molecule has 0 aliphatic heterocycles. The van der Waals surface area contributed by atoms with Crippen LogP contribution in [0.5, 0.6) is 11.5 Å². The first kappa shape index (κ1) is 22.1. The standard InChI is InChI=1S/C26H25BrN2O3/c1-4-16(3)18-8-11-23-22(13-18)29-26(32-23)17-6-9-21(10-7-17)28-15-19-12-20(27)14-24(25(19)30)31-5-2/h6-16,30H,4-5H2,1-3H3/t16-/m1/s1. The molecule has 1 N–H and O–H groups in total. The highest BCUT2D eigenvalue weighted by molar-refractivity contribution is 9.10. The maximum atomic E-state index is 10.4. The molecule has 6 heteroatoms. The van der Waals surface area contributed by atoms with E-state index in [4.69, 9.17) is 9.15 Å². The Balaban J connectivity index is 1.56. The lowest BCUT2D eigenvalue weighted by Gasteiger charge is -2.08. The average Bonchev–Trinajstić information content (AvgIpc) is 3.23. The molecule has 32 heavy (non-hydrogen) atoms. The number of nitrogens with zero attached hydrogens (tertiary/aromatic N) is 2. The molecular weight excluding hydrogens is 468 g/mol. The van der Waals surface area contributed by atoms with E-state index in [0.29, 0.717) is 29.7 Å². The third-order valence-electron chi connectivity index (χ3n) is 5.43. The van der Waals surface area contributed by atoms with Crippen LogP contribution < -0.4 is 4.74 Å². The molecule has 0 amide bonds. The lowest BCUT2D eigenvalue weighted by atomic mass is 9.98. The van der Waals surface area contributed by atoms with E-state index in [9.17, 15) is 5.11 Å². The van der Waals surface area contributed by atoms with Crippen LogP contribution in [0.2, 0.25) is 0 Å². The highest BCUT2D eigenvalue weighted by Gasteiger charge is 2.12. The molecule has 0 aliphatic carbocycles. The summed E-state index contributed by atoms with van der Waals surface area (Å²) < 4.78 is 12.2. The number of benzene rings is 3. The Hall–Kier alpha value is -3.12. The van der Waals surface area contributed by atoms with Gasteiger partial charge in [-0.1, -0.05) is 35.8 Å². The molecule has 0 aliphatic rings. The van der Waals surface area contributed by atoms with Crippen molar-refractivity contribution in [3.8, 4) is 23.0 Å². The summed E-state index contributed by atoms with van der Waals surface area (Å²) in [6.07, 6.45) is 2.70. The number of oxazole rings is 1. The van der Waals surface area contributed by atoms with Gasteiger partial charge in [0.05, 0.1) is 12.3 Å². The van der Waals surface area contributed by atoms with Crippen molar-refractivity contribution in [2.24, 2.45) is 4.99 Å². The van der Waals surface area contributed by atoms with Gasteiger partial charge in [-0.05, 0) is 73.4 Å². The Morgan fingerprint density at radius 1 is 1.12 bits per heavy atom. The Morgan fingerprint density at radius 2 is 1.91 bits per heavy atom. The maximum absolute atomic E-state index is 10.4. The molecule has 3 aromatic carbocycles. The Morgan fingerprint density at radius 3 is 2.62 bits per heavy atom. The third-order valence-corrected chi connectivity index (χ3v) is 5.89. The van der Waals surface area contributed by atoms with Crippen LogP contribution in [0.3, 0.4) is 0 Å². The van der Waals surface area contributed by atoms with Crippen molar-refractivity contribution < 1.29 is 14.3 Å². The van der Waals surface area contributed by atoms with Crippen molar-refractivity contribution in [1.82, 2.24) is 4.98 Å². The van der Waals surface area contributed by atoms with Gasteiger partial charge in [-0.3, -0.25) is 4.99 Å². The summed E-state index contributed by atoms with van der Waals surface area (Å²) in [5.41, 5.74) is 5.13. The first-order valence-corrected chi connectivity index (χ1v) is 11.5. The van der Waals surface area contributed by atoms with E-state index in [1.54, 1.807) is 18.3 Å². The van der Waals surface area contributed by atoms with Gasteiger partial charge < -0.3 is 14.3 Å². The monoisotopic (exact) mass is 492 g/mol. The van der Waals surface area contributed by atoms with Crippen molar-refractivity contribution in [2.75, 3.05) is 6.61 Å². The number of ether oxygens (including phenoxy) is 1. The summed E-state index contributed by atoms with van der Waals surface area (Å²) in [7, 11) is 0. The van der Waals surface area contributed by atoms with Crippen LogP contribution in [0, 0.1) is 0 Å². The summed E-state index contributed by atoms with van der Waals surface area (Å²) in [5, 5.41) is 10.4. The normalized spacial score (nSPS) is 12.5. The zero-order valence-electron chi connectivity index (χ0n) is 18.3. The molecule has 5 nitrogen and oxygen atoms in total. The van der Waals surface area contributed by atoms with Crippen LogP contribution in [0.4, 0.5) is 5.69 Å². The van der Waals surface area contributed by atoms with E-state index in [2.05, 4.69) is 51.9 Å². The van der Waals surface area contributed by atoms with Crippen molar-refractivity contribution in [1.29, 1.82) is 0 Å². The number of rotatable bonds is 7. The average molecular weight is 493 g/mol. The van der Waals surface area contributed by atoms with Gasteiger partial charge in [0, 0.05) is 21.8 Å². The maximum Gasteiger partial charge on any atom is 0.227 e. The van der Waals surface area contributed by atoms with E-state index in [1.807, 2.05) is 37.3 Å². The van der Waals surface area contributed by atoms with Gasteiger partial charge in [-0.15, -0.1) is 0 Å². The van der Waals surface area contributed by atoms with Crippen LogP contribution in [-0.4, -0.2) is 22.9 Å². The molecule has 0 radical (unpaired) electrons. The van der Waals surface area contributed by atoms with Gasteiger partial charge in [0.25, 0.3) is 0 Å². The number of phenolic OH excluding ortho intramolecular Hbond substituents is 1. The number of hydrogen-bond acceptors (Lipinski definition) is 5. The first-order valence-electron chi connectivity index (χ1n) is 10.7. The van der Waals surface area contributed by atoms with Crippen molar-refractivity contribution in [2.45, 2.75) is 33.1 Å². The topological polar surface area (TPSA) is 67.9 Å². The predicted molar refractivity (Wildman–Crippen MR) is 132 cm³/mol. The summed E-state index contributed by atoms with van der Waals surface area (Å²) >= 11 is 3.44. The molecule has 0 bridgehead atoms. The smallest absolute Gasteiger partial charge is 0.227 e. The van der Waals surface area contributed by atoms with E-state index in [1.165, 1.54) is 5.56 Å². The lowest BCUT2D eigenvalue weighted by molar-refractivity contribution is 0.317. The van der Waals surface area contributed by atoms with Crippen LogP contribution >= 0.6 is 15.9 Å². The highest BCUT2D eigenvalue weighted by Crippen LogP contribution is 2.33. The second kappa shape index (κ2) is 9.57. The number of phenols is 1. The fourth-order valence-corrected chi connectivity index (χ4v) is 3.86. The van der Waals surface area contributed by atoms with Crippen molar-refractivity contribution in [3.05, 3.63) is 70.2 Å². The van der Waals surface area contributed by atoms with Crippen LogP contribution in [0.15, 0.2) is 68.5 Å². The van der Waals surface area contributed by atoms with E-state index in [-0.39, 0.29) is 5.75 Å². The van der Waals surface area contributed by atoms with E-state index in [0.717, 1.165) is 33.2 Å². The second-order valence-electron chi connectivity index (χ2n) is 7.64. The summed E-state index contributed by atoms with van der Waals surface area (Å²) in [6.45, 7) is 6.74. The Bertz CT molecular complexity index is 1260. The molecule has 4 aromatic rings. The molecule has 0 saturated carbocycles. The summed E-state index contributed by atoms with van der Waals surface area (Å²) in [4.78, 5) is 9.16. The minimum absolute atomic E-state index is 0.0682. The van der Waals surface area contributed by atoms with Gasteiger partial charge in [0.1, 0.15) is 5.52 Å². The molecule has 4 rings (SSSR count). The number of aliphatic imine (C=N–C) groups is 1. The quantitative estimate of drug-likeness (QED) is 0.269. The fraction of sp³-hybridized carbons (Fsp3) is 0.231. The molecule has 164 valence electrons. The first-order chi connectivity index (χ1) is 15.5. The number of hydrogen-bond donors (Lipinski definition) is 1. The van der Waals surface area contributed by atoms with Gasteiger partial charge in [-0.2, -0.15) is 0 Å². The minimum Gasteiger partial charge on any atom is -0.504 e. The van der Waals surface area contributed by atoms with Crippen LogP contribution in [0.1, 0.15) is 44.2 Å². The molecule has 1 aromatic heterocycles. The number of aromatic nitrogens is 1. The number of aromatic hydroxyl groups is 1. The summed E-state index contributed by atoms with van der Waals surface area (Å²) in [6, 6.07) is 17.4. The SMILES string of the molecule is CCOc1cc(Br)cc(C=Nc2ccc(-c3nc4cc([C@H](C)CC)ccc4o3)cc2)c1O. The largest absolute Gasteiger partial charge is 0.504 e. The second-order valence-corrected chi connectivity index (χ2v) is 8.55. The van der Waals surface area contributed by atoms with Gasteiger partial charge in [0.15, 0.2) is 17.1 Å². The molecular formula is C26H25BrN2O3. The van der Waals surface area contributed by atoms with Crippen molar-refractivity contribution in [3.63, 3.8) is 0 Å². The molecule has 0 spiro atoms. The Labute approximate surface area is 195 Å². The predicted octanol–water partition coefficient (Wildman–Crippen LogP) is 7.63. The highest BCUT2D eigenvalue weighted by atomic mass is 79.9. The van der Waals surface area contributed by atoms with Crippen molar-refractivity contribution >= 4 is 38.9 Å². The van der Waals surface area contributed by atoms with E-state index < -0.39 is 0 Å². The lowest BCUT2D eigenvalue weighted by Crippen LogP contribution is -1.94. The van der Waals surface area contributed by atoms with Crippen LogP contribution in [0.25, 0.3) is 22.6 Å². The van der Waals surface area contributed by atoms with E-state index >= 15 is 0 Å². The zero-order valence-corrected chi connectivity index (χ0v) is 19.9. The third kappa shape index (κ3) is 4.70. The summed E-state index contributed by atoms with van der Waals surface area (Å²) in [5.74, 6) is 1.57. The van der Waals surface area contributed by atoms with Gasteiger partial charge in [-0.25, -0.2) is 4.98 Å². The molecule has 1 atom stereocenters. The molecule has 0 saturated heterocycles. The number of halogens is 1. The van der Waals surface area contributed by atoms with Gasteiger partial charge in [0.2, 0.25) is 5.89 Å². The Kier molecular flexibility index (Phi) is 6.61. The molecule has 0 unspecified atom stereocenters.